The van der Waals surface area contributed by atoms with Crippen molar-refractivity contribution in [1.82, 2.24) is 4.57 Å². The van der Waals surface area contributed by atoms with Crippen LogP contribution in [0.2, 0.25) is 0 Å². The van der Waals surface area contributed by atoms with E-state index in [2.05, 4.69) is 30.8 Å². The molecule has 2 nitrogen and oxygen atoms in total. The van der Waals surface area contributed by atoms with Crippen LogP contribution in [-0.2, 0) is 7.05 Å². The van der Waals surface area contributed by atoms with Crippen LogP contribution in [0, 0.1) is 0 Å². The van der Waals surface area contributed by atoms with E-state index in [0.717, 1.165) is 17.8 Å². The number of aliphatic imine (C=N–C) groups is 1. The smallest absolute Gasteiger partial charge is 0.138 e. The topological polar surface area (TPSA) is 17.3 Å². The highest BCUT2D eigenvalue weighted by molar-refractivity contribution is 5.63. The average molecular weight is 162 g/mol. The molecule has 1 aromatic heterocycles. The summed E-state index contributed by atoms with van der Waals surface area (Å²) in [4.78, 5) is 3.94. The maximum Gasteiger partial charge on any atom is 0.138 e. The maximum absolute atomic E-state index is 3.94. The highest BCUT2D eigenvalue weighted by Gasteiger charge is 1.99. The standard InChI is InChI=1S/C10H14N2/c1-4-5-6-9-7-8-12(3)10(9)11-2/h5-8H,2,4H2,1,3H3/b6-5-. The number of aromatic nitrogens is 1. The van der Waals surface area contributed by atoms with Gasteiger partial charge in [-0.1, -0.05) is 19.1 Å². The van der Waals surface area contributed by atoms with Gasteiger partial charge in [0.25, 0.3) is 0 Å². The van der Waals surface area contributed by atoms with Gasteiger partial charge in [0.05, 0.1) is 0 Å². The van der Waals surface area contributed by atoms with Crippen LogP contribution in [0.5, 0.6) is 0 Å². The summed E-state index contributed by atoms with van der Waals surface area (Å²) in [5, 5.41) is 0. The second-order valence-electron chi connectivity index (χ2n) is 2.67. The molecule has 0 aliphatic rings. The zero-order chi connectivity index (χ0) is 8.97. The molecule has 0 saturated heterocycles. The predicted molar refractivity (Wildman–Crippen MR) is 53.9 cm³/mol. The fourth-order valence-electron chi connectivity index (χ4n) is 1.12. The Hall–Kier alpha value is -1.31. The van der Waals surface area contributed by atoms with E-state index in [1.54, 1.807) is 0 Å². The van der Waals surface area contributed by atoms with Gasteiger partial charge >= 0.3 is 0 Å². The first-order chi connectivity index (χ1) is 5.79. The van der Waals surface area contributed by atoms with E-state index in [1.165, 1.54) is 0 Å². The molecule has 1 aromatic rings. The second-order valence-corrected chi connectivity index (χ2v) is 2.67. The number of allylic oxidation sites excluding steroid dienone is 1. The highest BCUT2D eigenvalue weighted by Crippen LogP contribution is 2.20. The van der Waals surface area contributed by atoms with Crippen LogP contribution >= 0.6 is 0 Å². The number of aryl methyl sites for hydroxylation is 1. The summed E-state index contributed by atoms with van der Waals surface area (Å²) in [6.07, 6.45) is 7.22. The Morgan fingerprint density at radius 2 is 2.42 bits per heavy atom. The number of nitrogens with zero attached hydrogens (tertiary/aromatic N) is 2. The molecule has 0 radical (unpaired) electrons. The summed E-state index contributed by atoms with van der Waals surface area (Å²) in [6, 6.07) is 2.04. The lowest BCUT2D eigenvalue weighted by Gasteiger charge is -1.95. The molecule has 1 rings (SSSR count). The van der Waals surface area contributed by atoms with Crippen molar-refractivity contribution in [3.8, 4) is 0 Å². The van der Waals surface area contributed by atoms with E-state index in [1.807, 2.05) is 23.9 Å². The van der Waals surface area contributed by atoms with Crippen molar-refractivity contribution in [1.29, 1.82) is 0 Å². The summed E-state index contributed by atoms with van der Waals surface area (Å²) in [5.74, 6) is 0.930. The zero-order valence-electron chi connectivity index (χ0n) is 7.62. The van der Waals surface area contributed by atoms with Crippen LogP contribution in [0.1, 0.15) is 18.9 Å². The first kappa shape index (κ1) is 8.78. The molecule has 12 heavy (non-hydrogen) atoms. The number of hydrogen-bond acceptors (Lipinski definition) is 1. The van der Waals surface area contributed by atoms with E-state index in [9.17, 15) is 0 Å². The van der Waals surface area contributed by atoms with Crippen molar-refractivity contribution in [3.05, 3.63) is 23.9 Å². The second kappa shape index (κ2) is 3.90. The van der Waals surface area contributed by atoms with Crippen LogP contribution in [0.4, 0.5) is 5.82 Å². The molecule has 0 saturated carbocycles. The summed E-state index contributed by atoms with van der Waals surface area (Å²) < 4.78 is 1.96. The largest absolute Gasteiger partial charge is 0.336 e. The quantitative estimate of drug-likeness (QED) is 0.608. The summed E-state index contributed by atoms with van der Waals surface area (Å²) in [5.41, 5.74) is 1.13. The van der Waals surface area contributed by atoms with Crippen molar-refractivity contribution < 1.29 is 0 Å². The van der Waals surface area contributed by atoms with Gasteiger partial charge in [-0.3, -0.25) is 0 Å². The van der Waals surface area contributed by atoms with Gasteiger partial charge < -0.3 is 4.57 Å². The van der Waals surface area contributed by atoms with Gasteiger partial charge in [-0.15, -0.1) is 0 Å². The summed E-state index contributed by atoms with van der Waals surface area (Å²) >= 11 is 0. The molecule has 0 aliphatic heterocycles. The Balaban J connectivity index is 2.99. The molecular weight excluding hydrogens is 148 g/mol. The van der Waals surface area contributed by atoms with Crippen molar-refractivity contribution in [3.63, 3.8) is 0 Å². The fraction of sp³-hybridized carbons (Fsp3) is 0.300. The Kier molecular flexibility index (Phi) is 2.86. The van der Waals surface area contributed by atoms with Gasteiger partial charge in [-0.2, -0.15) is 0 Å². The Morgan fingerprint density at radius 3 is 3.00 bits per heavy atom. The Morgan fingerprint density at radius 1 is 1.67 bits per heavy atom. The predicted octanol–water partition coefficient (Wildman–Crippen LogP) is 2.78. The van der Waals surface area contributed by atoms with Gasteiger partial charge in [0.15, 0.2) is 0 Å². The lowest BCUT2D eigenvalue weighted by Crippen LogP contribution is -1.82. The molecule has 0 amide bonds. The molecule has 0 N–H and O–H groups in total. The van der Waals surface area contributed by atoms with E-state index in [-0.39, 0.29) is 0 Å². The van der Waals surface area contributed by atoms with Crippen LogP contribution in [0.25, 0.3) is 6.08 Å². The first-order valence-electron chi connectivity index (χ1n) is 4.08. The molecule has 1 heterocycles. The lowest BCUT2D eigenvalue weighted by molar-refractivity contribution is 0.926. The Labute approximate surface area is 73.2 Å². The van der Waals surface area contributed by atoms with E-state index >= 15 is 0 Å². The summed E-state index contributed by atoms with van der Waals surface area (Å²) in [6.45, 7) is 5.64. The molecule has 0 atom stereocenters. The minimum atomic E-state index is 0.930. The van der Waals surface area contributed by atoms with E-state index in [4.69, 9.17) is 0 Å². The van der Waals surface area contributed by atoms with Crippen LogP contribution in [0.15, 0.2) is 23.3 Å². The van der Waals surface area contributed by atoms with E-state index in [0.29, 0.717) is 0 Å². The first-order valence-corrected chi connectivity index (χ1v) is 4.08. The van der Waals surface area contributed by atoms with Crippen molar-refractivity contribution >= 4 is 18.6 Å². The lowest BCUT2D eigenvalue weighted by atomic mass is 10.2. The minimum absolute atomic E-state index is 0.930. The SMILES string of the molecule is C=Nc1c(/C=C\CC)ccn1C. The van der Waals surface area contributed by atoms with Gasteiger partial charge in [0, 0.05) is 18.8 Å². The van der Waals surface area contributed by atoms with Gasteiger partial charge in [-0.05, 0) is 19.2 Å². The third kappa shape index (κ3) is 1.64. The maximum atomic E-state index is 3.94. The molecular formula is C10H14N2. The molecule has 0 spiro atoms. The normalized spacial score (nSPS) is 10.8. The average Bonchev–Trinajstić information content (AvgIpc) is 2.43. The molecule has 0 bridgehead atoms. The minimum Gasteiger partial charge on any atom is -0.336 e. The van der Waals surface area contributed by atoms with Gasteiger partial charge in [0.2, 0.25) is 0 Å². The highest BCUT2D eigenvalue weighted by atomic mass is 15.0. The van der Waals surface area contributed by atoms with Crippen molar-refractivity contribution in [2.45, 2.75) is 13.3 Å². The molecule has 0 aliphatic carbocycles. The number of hydrogen-bond donors (Lipinski definition) is 0. The molecule has 0 fully saturated rings. The zero-order valence-corrected chi connectivity index (χ0v) is 7.62. The van der Waals surface area contributed by atoms with Gasteiger partial charge in [0.1, 0.15) is 5.82 Å². The fourth-order valence-corrected chi connectivity index (χ4v) is 1.12. The molecule has 64 valence electrons. The molecule has 2 heteroatoms. The van der Waals surface area contributed by atoms with Crippen LogP contribution in [-0.4, -0.2) is 11.3 Å². The number of rotatable bonds is 3. The van der Waals surface area contributed by atoms with Crippen LogP contribution < -0.4 is 0 Å². The third-order valence-electron chi connectivity index (χ3n) is 1.75. The van der Waals surface area contributed by atoms with Gasteiger partial charge in [-0.25, -0.2) is 4.99 Å². The third-order valence-corrected chi connectivity index (χ3v) is 1.75. The molecule has 0 unspecified atom stereocenters. The monoisotopic (exact) mass is 162 g/mol. The van der Waals surface area contributed by atoms with Crippen molar-refractivity contribution in [2.24, 2.45) is 12.0 Å². The van der Waals surface area contributed by atoms with Crippen molar-refractivity contribution in [2.75, 3.05) is 0 Å². The van der Waals surface area contributed by atoms with E-state index < -0.39 is 0 Å². The Bertz CT molecular complexity index is 295. The summed E-state index contributed by atoms with van der Waals surface area (Å²) in [7, 11) is 1.97. The molecule has 0 aromatic carbocycles. The van der Waals surface area contributed by atoms with Crippen LogP contribution in [0.3, 0.4) is 0 Å².